The van der Waals surface area contributed by atoms with Crippen molar-refractivity contribution < 1.29 is 5.11 Å². The van der Waals surface area contributed by atoms with Gasteiger partial charge in [-0.1, -0.05) is 60.7 Å². The van der Waals surface area contributed by atoms with Crippen LogP contribution in [0.15, 0.2) is 60.7 Å². The average molecular weight is 311 g/mol. The quantitative estimate of drug-likeness (QED) is 0.653. The molecule has 2 radical (unpaired) electrons. The highest BCUT2D eigenvalue weighted by atomic mass is 31.2. The molecular weight excluding hydrogens is 286 g/mol. The fourth-order valence-corrected chi connectivity index (χ4v) is 4.28. The Hall–Kier alpha value is -1.11. The number of aliphatic hydroxyl groups is 1. The van der Waals surface area contributed by atoms with Crippen molar-refractivity contribution in [1.82, 2.24) is 0 Å². The van der Waals surface area contributed by atoms with Crippen LogP contribution < -0.4 is 0 Å². The smallest absolute Gasteiger partial charge is 0.365 e. The molecular formula is C19H25BOP+. The lowest BCUT2D eigenvalue weighted by Gasteiger charge is -2.40. The molecule has 0 aromatic heterocycles. The van der Waals surface area contributed by atoms with E-state index < -0.39 is 12.7 Å². The molecule has 1 unspecified atom stereocenters. The van der Waals surface area contributed by atoms with Gasteiger partial charge in [-0.25, -0.2) is 0 Å². The highest BCUT2D eigenvalue weighted by Gasteiger charge is 2.48. The van der Waals surface area contributed by atoms with Gasteiger partial charge in [-0.05, 0) is 39.0 Å². The Morgan fingerprint density at radius 1 is 0.864 bits per heavy atom. The van der Waals surface area contributed by atoms with Gasteiger partial charge in [0.2, 0.25) is 0 Å². The monoisotopic (exact) mass is 311 g/mol. The summed E-state index contributed by atoms with van der Waals surface area (Å²) in [5.41, 5.74) is 0.761. The van der Waals surface area contributed by atoms with Crippen molar-refractivity contribution in [3.8, 4) is 0 Å². The van der Waals surface area contributed by atoms with E-state index >= 15 is 0 Å². The fraction of sp³-hybridized carbons (Fsp3) is 0.368. The van der Waals surface area contributed by atoms with Crippen molar-refractivity contribution in [2.45, 2.75) is 31.5 Å². The van der Waals surface area contributed by atoms with Gasteiger partial charge < -0.3 is 5.11 Å². The van der Waals surface area contributed by atoms with Crippen LogP contribution >= 0.6 is 7.14 Å². The van der Waals surface area contributed by atoms with Crippen molar-refractivity contribution >= 4 is 14.7 Å². The maximum absolute atomic E-state index is 11.6. The summed E-state index contributed by atoms with van der Waals surface area (Å²) >= 11 is 0. The maximum Gasteiger partial charge on any atom is 0.365 e. The Bertz CT molecular complexity index is 563. The van der Waals surface area contributed by atoms with Crippen LogP contribution in [0, 0.1) is 0 Å². The van der Waals surface area contributed by atoms with Gasteiger partial charge in [0.25, 0.3) is 0 Å². The zero-order valence-corrected chi connectivity index (χ0v) is 14.8. The predicted octanol–water partition coefficient (Wildman–Crippen LogP) is 4.45. The van der Waals surface area contributed by atoms with E-state index in [9.17, 15) is 5.11 Å². The van der Waals surface area contributed by atoms with Crippen LogP contribution in [0.2, 0.25) is 0 Å². The van der Waals surface area contributed by atoms with Crippen molar-refractivity contribution in [3.63, 3.8) is 0 Å². The van der Waals surface area contributed by atoms with E-state index in [4.69, 9.17) is 7.57 Å². The van der Waals surface area contributed by atoms with Crippen LogP contribution in [0.5, 0.6) is 0 Å². The Kier molecular flexibility index (Phi) is 4.85. The minimum atomic E-state index is -1.83. The van der Waals surface area contributed by atoms with Gasteiger partial charge in [0.1, 0.15) is 5.60 Å². The Morgan fingerprint density at radius 3 is 1.55 bits per heavy atom. The number of benzene rings is 2. The molecule has 2 rings (SSSR count). The average Bonchev–Trinajstić information content (AvgIpc) is 2.47. The molecule has 1 nitrogen and oxygen atoms in total. The Balaban J connectivity index is 2.53. The summed E-state index contributed by atoms with van der Waals surface area (Å²) in [6.07, 6.45) is 0.567. The van der Waals surface area contributed by atoms with E-state index in [-0.39, 0.29) is 5.16 Å². The minimum Gasteiger partial charge on any atom is -0.377 e. The molecule has 1 N–H and O–H groups in total. The first-order valence-corrected chi connectivity index (χ1v) is 10.1. The summed E-state index contributed by atoms with van der Waals surface area (Å²) in [5.74, 6) is 0. The van der Waals surface area contributed by atoms with Gasteiger partial charge in [-0.3, -0.25) is 0 Å². The zero-order valence-electron chi connectivity index (χ0n) is 14.0. The molecule has 0 heterocycles. The summed E-state index contributed by atoms with van der Waals surface area (Å²) in [6.45, 7) is 8.62. The van der Waals surface area contributed by atoms with E-state index in [0.717, 1.165) is 11.1 Å². The maximum atomic E-state index is 11.6. The van der Waals surface area contributed by atoms with Crippen LogP contribution in [0.25, 0.3) is 0 Å². The van der Waals surface area contributed by atoms with Crippen molar-refractivity contribution in [1.29, 1.82) is 0 Å². The lowest BCUT2D eigenvalue weighted by Crippen LogP contribution is -2.37. The van der Waals surface area contributed by atoms with Gasteiger partial charge in [-0.2, -0.15) is 0 Å². The Morgan fingerprint density at radius 2 is 1.23 bits per heavy atom. The molecule has 114 valence electrons. The predicted molar refractivity (Wildman–Crippen MR) is 99.1 cm³/mol. The number of hydrogen-bond donors (Lipinski definition) is 1. The van der Waals surface area contributed by atoms with Gasteiger partial charge in [-0.15, -0.1) is 0 Å². The van der Waals surface area contributed by atoms with Gasteiger partial charge in [0.15, 0.2) is 0 Å². The second-order valence-corrected chi connectivity index (χ2v) is 11.4. The van der Waals surface area contributed by atoms with Crippen LogP contribution in [-0.4, -0.2) is 30.7 Å². The van der Waals surface area contributed by atoms with Crippen molar-refractivity contribution in [2.24, 2.45) is 0 Å². The molecule has 0 fully saturated rings. The molecule has 0 amide bonds. The van der Waals surface area contributed by atoms with E-state index in [1.165, 1.54) is 0 Å². The van der Waals surface area contributed by atoms with Crippen molar-refractivity contribution in [3.05, 3.63) is 71.8 Å². The fourth-order valence-electron chi connectivity index (χ4n) is 2.49. The second kappa shape index (κ2) is 6.18. The van der Waals surface area contributed by atoms with E-state index in [2.05, 4.69) is 27.4 Å². The summed E-state index contributed by atoms with van der Waals surface area (Å²) in [6, 6.07) is 19.7. The van der Waals surface area contributed by atoms with Crippen molar-refractivity contribution in [2.75, 3.05) is 12.8 Å². The van der Waals surface area contributed by atoms with Gasteiger partial charge >= 0.3 is 7.57 Å². The molecule has 0 saturated carbocycles. The van der Waals surface area contributed by atoms with Crippen LogP contribution in [-0.2, 0) is 5.60 Å². The number of rotatable bonds is 4. The largest absolute Gasteiger partial charge is 0.377 e. The summed E-state index contributed by atoms with van der Waals surface area (Å²) in [5, 5.41) is 11.6. The first-order valence-electron chi connectivity index (χ1n) is 7.64. The molecule has 3 heteroatoms. The third-order valence-electron chi connectivity index (χ3n) is 4.59. The molecule has 0 aliphatic heterocycles. The van der Waals surface area contributed by atoms with Gasteiger partial charge in [0.05, 0.1) is 11.3 Å². The third-order valence-corrected chi connectivity index (χ3v) is 8.77. The topological polar surface area (TPSA) is 20.2 Å². The first-order chi connectivity index (χ1) is 10.2. The second-order valence-electron chi connectivity index (χ2n) is 7.19. The molecule has 2 aromatic rings. The summed E-state index contributed by atoms with van der Waals surface area (Å²) < 4.78 is 0. The summed E-state index contributed by atoms with van der Waals surface area (Å²) in [7, 11) is 4.88. The zero-order chi connectivity index (χ0) is 16.4. The van der Waals surface area contributed by atoms with E-state index in [1.807, 2.05) is 60.7 Å². The molecule has 0 saturated heterocycles. The van der Waals surface area contributed by atoms with E-state index in [1.54, 1.807) is 0 Å². The highest BCUT2D eigenvalue weighted by molar-refractivity contribution is 7.98. The Labute approximate surface area is 136 Å². The lowest BCUT2D eigenvalue weighted by molar-refractivity contribution is 0.106. The van der Waals surface area contributed by atoms with Gasteiger partial charge in [0, 0.05) is 6.66 Å². The number of hydrogen-bond acceptors (Lipinski definition) is 1. The summed E-state index contributed by atoms with van der Waals surface area (Å²) in [4.78, 5) is 0. The molecule has 0 bridgehead atoms. The minimum absolute atomic E-state index is 0.00938. The lowest BCUT2D eigenvalue weighted by atomic mass is 9.88. The third kappa shape index (κ3) is 3.45. The molecule has 1 atom stereocenters. The van der Waals surface area contributed by atoms with Crippen LogP contribution in [0.1, 0.15) is 31.9 Å². The molecule has 22 heavy (non-hydrogen) atoms. The van der Waals surface area contributed by atoms with Crippen LogP contribution in [0.3, 0.4) is 0 Å². The SMILES string of the molecule is [B][P+](C)(CC(O)(c1ccccc1)c1ccccc1)C(C)(C)C. The first kappa shape index (κ1) is 17.3. The highest BCUT2D eigenvalue weighted by Crippen LogP contribution is 2.64. The molecule has 0 aliphatic rings. The van der Waals surface area contributed by atoms with E-state index in [0.29, 0.717) is 6.16 Å². The van der Waals surface area contributed by atoms with Crippen LogP contribution in [0.4, 0.5) is 0 Å². The normalized spacial score (nSPS) is 15.3. The molecule has 2 aromatic carbocycles. The molecule has 0 aliphatic carbocycles. The molecule has 0 spiro atoms. The standard InChI is InChI=1S/C19H25BOP/c1-18(2,3)22(4,20)15-19(21,16-11-7-5-8-12-16)17-13-9-6-10-14-17/h5-14,21H,15H2,1-4H3/q+1.